The van der Waals surface area contributed by atoms with Gasteiger partial charge in [0.1, 0.15) is 13.2 Å². The molecule has 0 N–H and O–H groups in total. The van der Waals surface area contributed by atoms with Gasteiger partial charge in [-0.1, -0.05) is 13.2 Å². The summed E-state index contributed by atoms with van der Waals surface area (Å²) < 4.78 is 14.6. The van der Waals surface area contributed by atoms with E-state index in [0.29, 0.717) is 13.2 Å². The molecule has 3 heteroatoms. The van der Waals surface area contributed by atoms with Crippen molar-refractivity contribution in [2.45, 2.75) is 0 Å². The molecule has 72 valence electrons. The zero-order chi connectivity index (χ0) is 9.78. The lowest BCUT2D eigenvalue weighted by atomic mass is 10.6. The Morgan fingerprint density at radius 1 is 0.846 bits per heavy atom. The zero-order valence-corrected chi connectivity index (χ0v) is 7.52. The van der Waals surface area contributed by atoms with E-state index >= 15 is 0 Å². The summed E-state index contributed by atoms with van der Waals surface area (Å²) in [5.41, 5.74) is 0. The quantitative estimate of drug-likeness (QED) is 0.426. The fourth-order valence-corrected chi connectivity index (χ4v) is 0.482. The van der Waals surface area contributed by atoms with Gasteiger partial charge in [-0.05, 0) is 12.2 Å². The van der Waals surface area contributed by atoms with Crippen LogP contribution in [0.5, 0.6) is 0 Å². The van der Waals surface area contributed by atoms with Crippen LogP contribution in [-0.4, -0.2) is 13.2 Å². The minimum atomic E-state index is 0.459. The highest BCUT2D eigenvalue weighted by molar-refractivity contribution is 4.80. The first-order valence-corrected chi connectivity index (χ1v) is 3.82. The van der Waals surface area contributed by atoms with Gasteiger partial charge in [-0.3, -0.25) is 0 Å². The van der Waals surface area contributed by atoms with Crippen LogP contribution >= 0.6 is 0 Å². The normalized spacial score (nSPS) is 10.2. The minimum absolute atomic E-state index is 0.459. The van der Waals surface area contributed by atoms with Crippen molar-refractivity contribution in [3.63, 3.8) is 0 Å². The molecule has 0 spiro atoms. The van der Waals surface area contributed by atoms with Crippen LogP contribution in [-0.2, 0) is 14.2 Å². The maximum atomic E-state index is 4.94. The molecule has 0 amide bonds. The lowest BCUT2D eigenvalue weighted by Gasteiger charge is -1.93. The molecule has 0 saturated carbocycles. The Bertz CT molecular complexity index is 163. The van der Waals surface area contributed by atoms with E-state index in [0.717, 1.165) is 0 Å². The molecule has 0 aliphatic rings. The van der Waals surface area contributed by atoms with E-state index < -0.39 is 0 Å². The number of hydrogen-bond donors (Lipinski definition) is 0. The van der Waals surface area contributed by atoms with Crippen LogP contribution in [0.4, 0.5) is 0 Å². The smallest absolute Gasteiger partial charge is 0.109 e. The van der Waals surface area contributed by atoms with E-state index in [1.807, 2.05) is 0 Å². The monoisotopic (exact) mass is 182 g/mol. The summed E-state index contributed by atoms with van der Waals surface area (Å²) in [6, 6.07) is 0. The first kappa shape index (κ1) is 11.4. The van der Waals surface area contributed by atoms with E-state index in [-0.39, 0.29) is 0 Å². The van der Waals surface area contributed by atoms with E-state index in [1.165, 1.54) is 25.0 Å². The second-order valence-corrected chi connectivity index (χ2v) is 1.88. The van der Waals surface area contributed by atoms with Gasteiger partial charge in [0.15, 0.2) is 0 Å². The van der Waals surface area contributed by atoms with Gasteiger partial charge in [0.2, 0.25) is 0 Å². The Labute approximate surface area is 78.6 Å². The van der Waals surface area contributed by atoms with Crippen molar-refractivity contribution in [2.75, 3.05) is 13.2 Å². The molecule has 0 bridgehead atoms. The van der Waals surface area contributed by atoms with E-state index in [4.69, 9.17) is 14.2 Å². The van der Waals surface area contributed by atoms with Crippen molar-refractivity contribution >= 4 is 0 Å². The summed E-state index contributed by atoms with van der Waals surface area (Å²) in [7, 11) is 0. The molecule has 0 fully saturated rings. The molecule has 0 aliphatic carbocycles. The molecule has 0 aromatic rings. The second kappa shape index (κ2) is 10.4. The molecule has 0 unspecified atom stereocenters. The Balaban J connectivity index is 3.22. The van der Waals surface area contributed by atoms with Crippen LogP contribution < -0.4 is 0 Å². The van der Waals surface area contributed by atoms with Gasteiger partial charge in [0, 0.05) is 0 Å². The van der Waals surface area contributed by atoms with Crippen molar-refractivity contribution in [3.05, 3.63) is 50.4 Å². The van der Waals surface area contributed by atoms with Crippen LogP contribution in [0, 0.1) is 0 Å². The highest BCUT2D eigenvalue weighted by Gasteiger charge is 1.74. The second-order valence-electron chi connectivity index (χ2n) is 1.88. The Kier molecular flexibility index (Phi) is 9.05. The van der Waals surface area contributed by atoms with Gasteiger partial charge >= 0.3 is 0 Å². The molecular weight excluding hydrogens is 168 g/mol. The summed E-state index contributed by atoms with van der Waals surface area (Å²) in [5.74, 6) is 0. The highest BCUT2D eigenvalue weighted by atomic mass is 16.5. The van der Waals surface area contributed by atoms with Crippen LogP contribution in [0.25, 0.3) is 0 Å². The predicted molar refractivity (Wildman–Crippen MR) is 51.7 cm³/mol. The van der Waals surface area contributed by atoms with Gasteiger partial charge in [0.05, 0.1) is 25.0 Å². The Morgan fingerprint density at radius 2 is 1.31 bits per heavy atom. The first-order chi connectivity index (χ1) is 6.41. The number of ether oxygens (including phenoxy) is 3. The van der Waals surface area contributed by atoms with Crippen molar-refractivity contribution in [2.24, 2.45) is 0 Å². The average Bonchev–Trinajstić information content (AvgIpc) is 2.16. The Morgan fingerprint density at radius 3 is 1.69 bits per heavy atom. The number of hydrogen-bond acceptors (Lipinski definition) is 3. The SMILES string of the molecule is C=COCC=COC=CCOC=C. The molecule has 0 aliphatic heterocycles. The topological polar surface area (TPSA) is 27.7 Å². The molecular formula is C10H14O3. The lowest BCUT2D eigenvalue weighted by molar-refractivity contribution is 0.281. The number of rotatable bonds is 8. The van der Waals surface area contributed by atoms with Crippen molar-refractivity contribution in [1.82, 2.24) is 0 Å². The van der Waals surface area contributed by atoms with Crippen LogP contribution in [0.1, 0.15) is 0 Å². The van der Waals surface area contributed by atoms with Crippen LogP contribution in [0.3, 0.4) is 0 Å². The van der Waals surface area contributed by atoms with E-state index in [2.05, 4.69) is 13.2 Å². The molecule has 0 saturated heterocycles. The summed E-state index contributed by atoms with van der Waals surface area (Å²) in [5, 5.41) is 0. The van der Waals surface area contributed by atoms with Crippen LogP contribution in [0.2, 0.25) is 0 Å². The van der Waals surface area contributed by atoms with Gasteiger partial charge in [-0.15, -0.1) is 0 Å². The van der Waals surface area contributed by atoms with Crippen molar-refractivity contribution < 1.29 is 14.2 Å². The maximum Gasteiger partial charge on any atom is 0.109 e. The third-order valence-electron chi connectivity index (χ3n) is 0.970. The molecule has 0 heterocycles. The van der Waals surface area contributed by atoms with Crippen molar-refractivity contribution in [3.8, 4) is 0 Å². The molecule has 13 heavy (non-hydrogen) atoms. The summed E-state index contributed by atoms with van der Waals surface area (Å²) in [6.07, 6.45) is 9.23. The van der Waals surface area contributed by atoms with Gasteiger partial charge in [-0.2, -0.15) is 0 Å². The van der Waals surface area contributed by atoms with Crippen LogP contribution in [0.15, 0.2) is 50.4 Å². The average molecular weight is 182 g/mol. The summed E-state index contributed by atoms with van der Waals surface area (Å²) >= 11 is 0. The molecule has 0 rings (SSSR count). The van der Waals surface area contributed by atoms with E-state index in [9.17, 15) is 0 Å². The zero-order valence-electron chi connectivity index (χ0n) is 7.52. The maximum absolute atomic E-state index is 4.94. The van der Waals surface area contributed by atoms with Gasteiger partial charge in [0.25, 0.3) is 0 Å². The first-order valence-electron chi connectivity index (χ1n) is 3.82. The van der Waals surface area contributed by atoms with Gasteiger partial charge < -0.3 is 14.2 Å². The third-order valence-corrected chi connectivity index (χ3v) is 0.970. The lowest BCUT2D eigenvalue weighted by Crippen LogP contribution is -1.81. The summed E-state index contributed by atoms with van der Waals surface area (Å²) in [4.78, 5) is 0. The van der Waals surface area contributed by atoms with Gasteiger partial charge in [-0.25, -0.2) is 0 Å². The third kappa shape index (κ3) is 10.4. The highest BCUT2D eigenvalue weighted by Crippen LogP contribution is 1.83. The molecule has 0 radical (unpaired) electrons. The van der Waals surface area contributed by atoms with E-state index in [1.54, 1.807) is 12.2 Å². The fraction of sp³-hybridized carbons (Fsp3) is 0.200. The minimum Gasteiger partial charge on any atom is -0.498 e. The molecule has 3 nitrogen and oxygen atoms in total. The Hall–Kier alpha value is -1.64. The van der Waals surface area contributed by atoms with Crippen molar-refractivity contribution in [1.29, 1.82) is 0 Å². The molecule has 0 aromatic heterocycles. The molecule has 0 aromatic carbocycles. The predicted octanol–water partition coefficient (Wildman–Crippen LogP) is 2.35. The fourth-order valence-electron chi connectivity index (χ4n) is 0.482. The molecule has 0 atom stereocenters. The largest absolute Gasteiger partial charge is 0.498 e. The summed E-state index contributed by atoms with van der Waals surface area (Å²) in [6.45, 7) is 7.70. The standard InChI is InChI=1S/C10H14O3/c1-3-11-7-5-9-13-10-6-8-12-4-2/h3-6,9-10H,1-2,7-8H2.